The third-order valence-corrected chi connectivity index (χ3v) is 5.04. The number of nitrogen functional groups attached to an aromatic ring is 1. The number of para-hydroxylation sites is 1. The Labute approximate surface area is 180 Å². The molecule has 0 aliphatic carbocycles. The minimum atomic E-state index is -0.753. The van der Waals surface area contributed by atoms with Gasteiger partial charge < -0.3 is 10.5 Å². The number of hydrazone groups is 1. The first-order chi connectivity index (χ1) is 14.3. The van der Waals surface area contributed by atoms with Crippen LogP contribution in [0.5, 0.6) is 5.88 Å². The van der Waals surface area contributed by atoms with Gasteiger partial charge in [0, 0.05) is 11.6 Å². The molecule has 0 unspecified atom stereocenters. The minimum Gasteiger partial charge on any atom is -0.450 e. The van der Waals surface area contributed by atoms with Crippen molar-refractivity contribution in [3.63, 3.8) is 0 Å². The molecule has 30 heavy (non-hydrogen) atoms. The van der Waals surface area contributed by atoms with Crippen LogP contribution in [0.3, 0.4) is 0 Å². The summed E-state index contributed by atoms with van der Waals surface area (Å²) in [5.41, 5.74) is 7.09. The van der Waals surface area contributed by atoms with Gasteiger partial charge in [-0.05, 0) is 31.2 Å². The van der Waals surface area contributed by atoms with E-state index in [4.69, 9.17) is 33.7 Å². The van der Waals surface area contributed by atoms with Crippen molar-refractivity contribution in [1.82, 2.24) is 9.97 Å². The van der Waals surface area contributed by atoms with E-state index in [0.717, 1.165) is 6.07 Å². The van der Waals surface area contributed by atoms with Crippen molar-refractivity contribution in [3.8, 4) is 5.88 Å². The van der Waals surface area contributed by atoms with Gasteiger partial charge >= 0.3 is 0 Å². The number of halogens is 4. The fourth-order valence-electron chi connectivity index (χ4n) is 3.05. The number of hydrogen-bond donors (Lipinski definition) is 1. The normalized spacial score (nSPS) is 16.0. The SMILES string of the molecule is Cc1nc(Cl)c(N)c(O[C@H]2CC(c3ccc(F)cc3F)=NN2c2ccccc2Cl)n1. The number of rotatable bonds is 4. The third-order valence-electron chi connectivity index (χ3n) is 4.43. The van der Waals surface area contributed by atoms with Gasteiger partial charge in [-0.25, -0.2) is 18.8 Å². The molecule has 6 nitrogen and oxygen atoms in total. The molecule has 2 heterocycles. The topological polar surface area (TPSA) is 76.6 Å². The maximum absolute atomic E-state index is 14.4. The van der Waals surface area contributed by atoms with E-state index in [1.54, 1.807) is 31.2 Å². The molecule has 0 radical (unpaired) electrons. The molecule has 0 spiro atoms. The van der Waals surface area contributed by atoms with Crippen LogP contribution in [-0.2, 0) is 0 Å². The molecular weight excluding hydrogens is 435 g/mol. The highest BCUT2D eigenvalue weighted by molar-refractivity contribution is 6.33. The second kappa shape index (κ2) is 8.04. The van der Waals surface area contributed by atoms with E-state index in [1.165, 1.54) is 17.1 Å². The zero-order valence-corrected chi connectivity index (χ0v) is 17.1. The Hall–Kier alpha value is -2.97. The zero-order chi connectivity index (χ0) is 21.4. The van der Waals surface area contributed by atoms with Gasteiger partial charge in [-0.2, -0.15) is 10.1 Å². The van der Waals surface area contributed by atoms with E-state index in [-0.39, 0.29) is 28.7 Å². The molecule has 0 fully saturated rings. The van der Waals surface area contributed by atoms with Crippen molar-refractivity contribution in [2.75, 3.05) is 10.7 Å². The van der Waals surface area contributed by atoms with Crippen molar-refractivity contribution >= 4 is 40.3 Å². The Bertz CT molecular complexity index is 1160. The maximum Gasteiger partial charge on any atom is 0.244 e. The standard InChI is InChI=1S/C20H15Cl2F2N5O/c1-10-26-19(22)18(25)20(27-10)30-17-9-15(12-7-6-11(23)8-14(12)24)28-29(17)16-5-3-2-4-13(16)21/h2-8,17H,9,25H2,1H3/t17-/m0/s1. The Kier molecular flexibility index (Phi) is 5.44. The number of nitrogens with zero attached hydrogens (tertiary/aromatic N) is 4. The monoisotopic (exact) mass is 449 g/mol. The van der Waals surface area contributed by atoms with E-state index in [9.17, 15) is 8.78 Å². The summed E-state index contributed by atoms with van der Waals surface area (Å²) in [5.74, 6) is -0.957. The van der Waals surface area contributed by atoms with Crippen molar-refractivity contribution in [1.29, 1.82) is 0 Å². The summed E-state index contributed by atoms with van der Waals surface area (Å²) < 4.78 is 33.7. The molecule has 2 aromatic carbocycles. The van der Waals surface area contributed by atoms with Crippen LogP contribution in [0, 0.1) is 18.6 Å². The van der Waals surface area contributed by atoms with E-state index >= 15 is 0 Å². The van der Waals surface area contributed by atoms with Crippen LogP contribution < -0.4 is 15.5 Å². The van der Waals surface area contributed by atoms with E-state index in [1.807, 2.05) is 0 Å². The Morgan fingerprint density at radius 3 is 2.63 bits per heavy atom. The lowest BCUT2D eigenvalue weighted by atomic mass is 10.1. The lowest BCUT2D eigenvalue weighted by Gasteiger charge is -2.25. The molecule has 0 amide bonds. The van der Waals surface area contributed by atoms with Crippen LogP contribution in [0.1, 0.15) is 17.8 Å². The zero-order valence-electron chi connectivity index (χ0n) is 15.6. The molecule has 1 aliphatic heterocycles. The van der Waals surface area contributed by atoms with Gasteiger partial charge in [0.25, 0.3) is 0 Å². The molecule has 3 aromatic rings. The molecule has 0 saturated carbocycles. The summed E-state index contributed by atoms with van der Waals surface area (Å²) >= 11 is 12.4. The van der Waals surface area contributed by atoms with E-state index in [2.05, 4.69) is 15.1 Å². The number of benzene rings is 2. The van der Waals surface area contributed by atoms with Crippen LogP contribution in [0.15, 0.2) is 47.6 Å². The Balaban J connectivity index is 1.75. The molecule has 1 aliphatic rings. The molecule has 2 N–H and O–H groups in total. The average molecular weight is 450 g/mol. The lowest BCUT2D eigenvalue weighted by molar-refractivity contribution is 0.205. The minimum absolute atomic E-state index is 0.0607. The molecule has 0 saturated heterocycles. The smallest absolute Gasteiger partial charge is 0.244 e. The number of ether oxygens (including phenoxy) is 1. The first-order valence-corrected chi connectivity index (χ1v) is 9.62. The fraction of sp³-hybridized carbons (Fsp3) is 0.150. The predicted octanol–water partition coefficient (Wildman–Crippen LogP) is 4.97. The summed E-state index contributed by atoms with van der Waals surface area (Å²) in [5, 5.41) is 6.48. The second-order valence-corrected chi connectivity index (χ2v) is 7.29. The van der Waals surface area contributed by atoms with Crippen LogP contribution in [0.25, 0.3) is 0 Å². The predicted molar refractivity (Wildman–Crippen MR) is 112 cm³/mol. The number of hydrogen-bond acceptors (Lipinski definition) is 6. The molecule has 154 valence electrons. The summed E-state index contributed by atoms with van der Waals surface area (Å²) in [6.45, 7) is 1.65. The van der Waals surface area contributed by atoms with Crippen LogP contribution in [0.4, 0.5) is 20.2 Å². The second-order valence-electron chi connectivity index (χ2n) is 6.52. The first-order valence-electron chi connectivity index (χ1n) is 8.86. The van der Waals surface area contributed by atoms with Gasteiger partial charge in [0.05, 0.1) is 22.8 Å². The molecular formula is C20H15Cl2F2N5O. The largest absolute Gasteiger partial charge is 0.450 e. The van der Waals surface area contributed by atoms with Crippen molar-refractivity contribution in [3.05, 3.63) is 75.7 Å². The Morgan fingerprint density at radius 1 is 1.13 bits per heavy atom. The van der Waals surface area contributed by atoms with Gasteiger partial charge in [-0.15, -0.1) is 0 Å². The van der Waals surface area contributed by atoms with Gasteiger partial charge in [-0.1, -0.05) is 35.3 Å². The maximum atomic E-state index is 14.4. The fourth-order valence-corrected chi connectivity index (χ4v) is 3.48. The third kappa shape index (κ3) is 3.88. The number of aromatic nitrogens is 2. The quantitative estimate of drug-likeness (QED) is 0.568. The number of anilines is 2. The van der Waals surface area contributed by atoms with Gasteiger partial charge in [0.15, 0.2) is 11.4 Å². The summed E-state index contributed by atoms with van der Waals surface area (Å²) in [4.78, 5) is 8.18. The highest BCUT2D eigenvalue weighted by Crippen LogP contribution is 2.35. The highest BCUT2D eigenvalue weighted by atomic mass is 35.5. The number of aryl methyl sites for hydroxylation is 1. The van der Waals surface area contributed by atoms with Gasteiger partial charge in [-0.3, -0.25) is 0 Å². The van der Waals surface area contributed by atoms with Crippen molar-refractivity contribution in [2.24, 2.45) is 5.10 Å². The van der Waals surface area contributed by atoms with Gasteiger partial charge in [0.1, 0.15) is 23.1 Å². The average Bonchev–Trinajstić information content (AvgIpc) is 3.09. The summed E-state index contributed by atoms with van der Waals surface area (Å²) in [7, 11) is 0. The van der Waals surface area contributed by atoms with Crippen LogP contribution >= 0.6 is 23.2 Å². The highest BCUT2D eigenvalue weighted by Gasteiger charge is 2.33. The number of nitrogens with two attached hydrogens (primary N) is 1. The Morgan fingerprint density at radius 2 is 1.90 bits per heavy atom. The lowest BCUT2D eigenvalue weighted by Crippen LogP contribution is -2.33. The van der Waals surface area contributed by atoms with Crippen molar-refractivity contribution < 1.29 is 13.5 Å². The molecule has 0 bridgehead atoms. The van der Waals surface area contributed by atoms with E-state index < -0.39 is 17.9 Å². The van der Waals surface area contributed by atoms with Crippen LogP contribution in [-0.4, -0.2) is 21.9 Å². The summed E-state index contributed by atoms with van der Waals surface area (Å²) in [6.07, 6.45) is -0.592. The summed E-state index contributed by atoms with van der Waals surface area (Å²) in [6, 6.07) is 10.3. The van der Waals surface area contributed by atoms with Crippen molar-refractivity contribution in [2.45, 2.75) is 19.6 Å². The molecule has 4 rings (SSSR count). The molecule has 1 atom stereocenters. The molecule has 10 heteroatoms. The van der Waals surface area contributed by atoms with Crippen LogP contribution in [0.2, 0.25) is 10.2 Å². The van der Waals surface area contributed by atoms with Gasteiger partial charge in [0.2, 0.25) is 5.88 Å². The first kappa shape index (κ1) is 20.3. The molecule has 1 aromatic heterocycles. The van der Waals surface area contributed by atoms with E-state index in [0.29, 0.717) is 22.2 Å².